The molecule has 2 aromatic rings. The second-order valence-electron chi connectivity index (χ2n) is 5.43. The fraction of sp³-hybridized carbons (Fsp3) is 0.400. The van der Waals surface area contributed by atoms with Gasteiger partial charge in [-0.15, -0.1) is 0 Å². The first-order valence-corrected chi connectivity index (χ1v) is 7.30. The van der Waals surface area contributed by atoms with E-state index in [1.807, 2.05) is 28.8 Å². The Bertz CT molecular complexity index is 697. The predicted octanol–water partition coefficient (Wildman–Crippen LogP) is 1.15. The van der Waals surface area contributed by atoms with Crippen LogP contribution in [0.4, 0.5) is 4.79 Å². The number of rotatable bonds is 4. The Morgan fingerprint density at radius 2 is 2.18 bits per heavy atom. The van der Waals surface area contributed by atoms with Crippen molar-refractivity contribution in [1.29, 1.82) is 0 Å². The molecular formula is C15H18N4O3. The summed E-state index contributed by atoms with van der Waals surface area (Å²) < 4.78 is 1.99. The second-order valence-corrected chi connectivity index (χ2v) is 5.43. The van der Waals surface area contributed by atoms with Crippen molar-refractivity contribution in [1.82, 2.24) is 19.8 Å². The van der Waals surface area contributed by atoms with E-state index in [9.17, 15) is 9.59 Å². The number of amides is 2. The summed E-state index contributed by atoms with van der Waals surface area (Å²) in [5.41, 5.74) is 1.96. The van der Waals surface area contributed by atoms with Crippen molar-refractivity contribution in [2.75, 3.05) is 19.6 Å². The monoisotopic (exact) mass is 302 g/mol. The van der Waals surface area contributed by atoms with E-state index < -0.39 is 11.9 Å². The van der Waals surface area contributed by atoms with Crippen LogP contribution in [-0.2, 0) is 11.3 Å². The second kappa shape index (κ2) is 6.05. The minimum Gasteiger partial charge on any atom is -0.481 e. The Morgan fingerprint density at radius 3 is 2.95 bits per heavy atom. The summed E-state index contributed by atoms with van der Waals surface area (Å²) in [5, 5.41) is 11.8. The lowest BCUT2D eigenvalue weighted by Crippen LogP contribution is -2.40. The molecule has 116 valence electrons. The van der Waals surface area contributed by atoms with Gasteiger partial charge in [-0.2, -0.15) is 0 Å². The third-order valence-electron chi connectivity index (χ3n) is 3.98. The van der Waals surface area contributed by atoms with E-state index in [0.29, 0.717) is 26.1 Å². The predicted molar refractivity (Wildman–Crippen MR) is 80.4 cm³/mol. The molecule has 2 heterocycles. The van der Waals surface area contributed by atoms with Crippen LogP contribution in [0.5, 0.6) is 0 Å². The number of likely N-dealkylation sites (tertiary alicyclic amines) is 1. The molecule has 0 bridgehead atoms. The van der Waals surface area contributed by atoms with Crippen LogP contribution in [0.1, 0.15) is 6.42 Å². The summed E-state index contributed by atoms with van der Waals surface area (Å²) in [6.07, 6.45) is 2.28. The van der Waals surface area contributed by atoms with Gasteiger partial charge in [-0.3, -0.25) is 4.79 Å². The van der Waals surface area contributed by atoms with E-state index in [4.69, 9.17) is 5.11 Å². The lowest BCUT2D eigenvalue weighted by atomic mass is 10.1. The maximum atomic E-state index is 12.0. The number of hydrogen-bond donors (Lipinski definition) is 2. The van der Waals surface area contributed by atoms with Gasteiger partial charge in [0.25, 0.3) is 0 Å². The Morgan fingerprint density at radius 1 is 1.36 bits per heavy atom. The van der Waals surface area contributed by atoms with Crippen molar-refractivity contribution in [3.05, 3.63) is 30.6 Å². The van der Waals surface area contributed by atoms with E-state index in [1.54, 1.807) is 11.2 Å². The van der Waals surface area contributed by atoms with Crippen molar-refractivity contribution < 1.29 is 14.7 Å². The number of para-hydroxylation sites is 2. The molecule has 1 fully saturated rings. The molecule has 1 aliphatic rings. The molecule has 22 heavy (non-hydrogen) atoms. The van der Waals surface area contributed by atoms with Crippen molar-refractivity contribution in [2.45, 2.75) is 13.0 Å². The molecule has 7 heteroatoms. The van der Waals surface area contributed by atoms with E-state index in [1.165, 1.54) is 0 Å². The quantitative estimate of drug-likeness (QED) is 0.887. The number of nitrogens with one attached hydrogen (secondary N) is 1. The molecule has 0 spiro atoms. The normalized spacial score (nSPS) is 17.8. The van der Waals surface area contributed by atoms with Gasteiger partial charge in [0.1, 0.15) is 0 Å². The highest BCUT2D eigenvalue weighted by atomic mass is 16.4. The van der Waals surface area contributed by atoms with Crippen LogP contribution in [0.25, 0.3) is 11.0 Å². The highest BCUT2D eigenvalue weighted by Crippen LogP contribution is 2.16. The zero-order chi connectivity index (χ0) is 15.5. The number of imidazole rings is 1. The van der Waals surface area contributed by atoms with E-state index in [2.05, 4.69) is 10.3 Å². The molecule has 1 aromatic heterocycles. The molecule has 3 rings (SSSR count). The van der Waals surface area contributed by atoms with E-state index >= 15 is 0 Å². The third kappa shape index (κ3) is 2.88. The number of fused-ring (bicyclic) bond motifs is 1. The summed E-state index contributed by atoms with van der Waals surface area (Å²) in [6.45, 7) is 1.89. The molecule has 2 amide bonds. The number of urea groups is 1. The molecule has 1 saturated heterocycles. The van der Waals surface area contributed by atoms with Gasteiger partial charge in [-0.05, 0) is 18.6 Å². The zero-order valence-corrected chi connectivity index (χ0v) is 12.1. The standard InChI is InChI=1S/C15H18N4O3/c20-14(21)11-5-7-18(9-11)15(22)16-6-8-19-10-17-12-3-1-2-4-13(12)19/h1-4,10-11H,5-9H2,(H,16,22)(H,20,21). The Balaban J connectivity index is 1.51. The number of carboxylic acids is 1. The van der Waals surface area contributed by atoms with Crippen molar-refractivity contribution >= 4 is 23.0 Å². The van der Waals surface area contributed by atoms with Gasteiger partial charge in [0.15, 0.2) is 0 Å². The largest absolute Gasteiger partial charge is 0.481 e. The van der Waals surface area contributed by atoms with Crippen LogP contribution in [0.15, 0.2) is 30.6 Å². The third-order valence-corrected chi connectivity index (χ3v) is 3.98. The van der Waals surface area contributed by atoms with Crippen LogP contribution in [0, 0.1) is 5.92 Å². The Labute approximate surface area is 127 Å². The van der Waals surface area contributed by atoms with Gasteiger partial charge >= 0.3 is 12.0 Å². The van der Waals surface area contributed by atoms with Crippen LogP contribution in [0.2, 0.25) is 0 Å². The molecule has 7 nitrogen and oxygen atoms in total. The molecule has 1 aliphatic heterocycles. The lowest BCUT2D eigenvalue weighted by Gasteiger charge is -2.16. The minimum atomic E-state index is -0.833. The van der Waals surface area contributed by atoms with Gasteiger partial charge in [-0.1, -0.05) is 12.1 Å². The molecule has 0 aliphatic carbocycles. The van der Waals surface area contributed by atoms with E-state index in [0.717, 1.165) is 11.0 Å². The van der Waals surface area contributed by atoms with Gasteiger partial charge in [-0.25, -0.2) is 9.78 Å². The maximum absolute atomic E-state index is 12.0. The average molecular weight is 302 g/mol. The van der Waals surface area contributed by atoms with Gasteiger partial charge < -0.3 is 19.9 Å². The number of carbonyl (C=O) groups excluding carboxylic acids is 1. The molecule has 0 radical (unpaired) electrons. The van der Waals surface area contributed by atoms with Crippen LogP contribution < -0.4 is 5.32 Å². The van der Waals surface area contributed by atoms with Crippen molar-refractivity contribution in [2.24, 2.45) is 5.92 Å². The van der Waals surface area contributed by atoms with Gasteiger partial charge in [0, 0.05) is 26.2 Å². The fourth-order valence-corrected chi connectivity index (χ4v) is 2.73. The van der Waals surface area contributed by atoms with E-state index in [-0.39, 0.29) is 12.6 Å². The molecule has 2 N–H and O–H groups in total. The molecular weight excluding hydrogens is 284 g/mol. The fourth-order valence-electron chi connectivity index (χ4n) is 2.73. The maximum Gasteiger partial charge on any atom is 0.317 e. The van der Waals surface area contributed by atoms with Crippen molar-refractivity contribution in [3.8, 4) is 0 Å². The van der Waals surface area contributed by atoms with Crippen LogP contribution >= 0.6 is 0 Å². The topological polar surface area (TPSA) is 87.5 Å². The molecule has 1 unspecified atom stereocenters. The van der Waals surface area contributed by atoms with Gasteiger partial charge in [0.05, 0.1) is 23.3 Å². The summed E-state index contributed by atoms with van der Waals surface area (Å²) in [6, 6.07) is 7.62. The smallest absolute Gasteiger partial charge is 0.317 e. The highest BCUT2D eigenvalue weighted by molar-refractivity contribution is 5.77. The summed E-state index contributed by atoms with van der Waals surface area (Å²) in [5.74, 6) is -1.27. The first kappa shape index (κ1) is 14.4. The Kier molecular flexibility index (Phi) is 3.95. The number of benzene rings is 1. The number of nitrogens with zero attached hydrogens (tertiary/aromatic N) is 3. The van der Waals surface area contributed by atoms with Crippen molar-refractivity contribution in [3.63, 3.8) is 0 Å². The van der Waals surface area contributed by atoms with Gasteiger partial charge in [0.2, 0.25) is 0 Å². The molecule has 1 atom stereocenters. The van der Waals surface area contributed by atoms with Crippen LogP contribution in [-0.4, -0.2) is 51.2 Å². The molecule has 0 saturated carbocycles. The van der Waals surface area contributed by atoms with Crippen LogP contribution in [0.3, 0.4) is 0 Å². The minimum absolute atomic E-state index is 0.201. The number of aliphatic carboxylic acids is 1. The highest BCUT2D eigenvalue weighted by Gasteiger charge is 2.30. The summed E-state index contributed by atoms with van der Waals surface area (Å²) in [4.78, 5) is 28.8. The zero-order valence-electron chi connectivity index (χ0n) is 12.1. The SMILES string of the molecule is O=C(O)C1CCN(C(=O)NCCn2cnc3ccccc32)C1. The number of aromatic nitrogens is 2. The Hall–Kier alpha value is -2.57. The first-order valence-electron chi connectivity index (χ1n) is 7.30. The summed E-state index contributed by atoms with van der Waals surface area (Å²) in [7, 11) is 0. The number of hydrogen-bond acceptors (Lipinski definition) is 3. The molecule has 1 aromatic carbocycles. The first-order chi connectivity index (χ1) is 10.6. The number of carboxylic acid groups (broad SMARTS) is 1. The lowest BCUT2D eigenvalue weighted by molar-refractivity contribution is -0.141. The summed E-state index contributed by atoms with van der Waals surface area (Å²) >= 11 is 0. The average Bonchev–Trinajstić information content (AvgIpc) is 3.14. The number of carbonyl (C=O) groups is 2.